The Morgan fingerprint density at radius 3 is 1.07 bits per heavy atom. The molecule has 0 unspecified atom stereocenters. The zero-order valence-electron chi connectivity index (χ0n) is 10.0. The molecule has 0 aromatic carbocycles. The first-order chi connectivity index (χ1) is 6.54. The Morgan fingerprint density at radius 1 is 0.714 bits per heavy atom. The SMILES string of the molecule is CN(C)CCCS.CN(C)CCCS. The molecule has 0 bridgehead atoms. The Labute approximate surface area is 101 Å². The molecule has 0 saturated carbocycles. The van der Waals surface area contributed by atoms with E-state index in [4.69, 9.17) is 0 Å². The van der Waals surface area contributed by atoms with Crippen molar-refractivity contribution in [1.82, 2.24) is 9.80 Å². The fourth-order valence-corrected chi connectivity index (χ4v) is 1.06. The Hall–Kier alpha value is 0.620. The molecule has 0 N–H and O–H groups in total. The van der Waals surface area contributed by atoms with Crippen LogP contribution in [0.3, 0.4) is 0 Å². The van der Waals surface area contributed by atoms with Crippen LogP contribution in [0.25, 0.3) is 0 Å². The van der Waals surface area contributed by atoms with E-state index in [1.54, 1.807) is 0 Å². The third-order valence-corrected chi connectivity index (χ3v) is 2.16. The van der Waals surface area contributed by atoms with Crippen molar-refractivity contribution in [3.63, 3.8) is 0 Å². The van der Waals surface area contributed by atoms with Gasteiger partial charge in [0.25, 0.3) is 0 Å². The normalized spacial score (nSPS) is 10.3. The quantitative estimate of drug-likeness (QED) is 0.681. The number of rotatable bonds is 6. The van der Waals surface area contributed by atoms with Crippen molar-refractivity contribution in [2.75, 3.05) is 52.8 Å². The van der Waals surface area contributed by atoms with E-state index in [0.717, 1.165) is 24.6 Å². The van der Waals surface area contributed by atoms with E-state index >= 15 is 0 Å². The summed E-state index contributed by atoms with van der Waals surface area (Å²) in [5, 5.41) is 0. The zero-order chi connectivity index (χ0) is 11.4. The van der Waals surface area contributed by atoms with Crippen LogP contribution in [0.4, 0.5) is 0 Å². The molecule has 0 radical (unpaired) electrons. The lowest BCUT2D eigenvalue weighted by atomic mass is 10.5. The van der Waals surface area contributed by atoms with Crippen LogP contribution >= 0.6 is 25.3 Å². The minimum Gasteiger partial charge on any atom is -0.309 e. The highest BCUT2D eigenvalue weighted by atomic mass is 32.1. The number of hydrogen-bond donors (Lipinski definition) is 2. The van der Waals surface area contributed by atoms with Gasteiger partial charge in [0, 0.05) is 0 Å². The maximum atomic E-state index is 4.07. The zero-order valence-corrected chi connectivity index (χ0v) is 11.8. The van der Waals surface area contributed by atoms with Gasteiger partial charge in [-0.2, -0.15) is 25.3 Å². The first-order valence-electron chi connectivity index (χ1n) is 5.05. The molecule has 0 rings (SSSR count). The molecule has 4 heteroatoms. The molecule has 0 aliphatic rings. The highest BCUT2D eigenvalue weighted by molar-refractivity contribution is 7.80. The average Bonchev–Trinajstić information content (AvgIpc) is 2.12. The first-order valence-corrected chi connectivity index (χ1v) is 6.32. The summed E-state index contributed by atoms with van der Waals surface area (Å²) in [4.78, 5) is 4.33. The summed E-state index contributed by atoms with van der Waals surface area (Å²) in [6.45, 7) is 2.31. The molecule has 0 spiro atoms. The van der Waals surface area contributed by atoms with Crippen LogP contribution in [0, 0.1) is 0 Å². The van der Waals surface area contributed by atoms with E-state index in [-0.39, 0.29) is 0 Å². The van der Waals surface area contributed by atoms with Crippen LogP contribution < -0.4 is 0 Å². The molecule has 88 valence electrons. The summed E-state index contributed by atoms with van der Waals surface area (Å²) in [6, 6.07) is 0. The summed E-state index contributed by atoms with van der Waals surface area (Å²) < 4.78 is 0. The van der Waals surface area contributed by atoms with Crippen LogP contribution in [-0.2, 0) is 0 Å². The van der Waals surface area contributed by atoms with E-state index in [1.165, 1.54) is 12.8 Å². The molecule has 14 heavy (non-hydrogen) atoms. The molecule has 0 saturated heterocycles. The third-order valence-electron chi connectivity index (χ3n) is 1.53. The predicted octanol–water partition coefficient (Wildman–Crippen LogP) is 1.74. The lowest BCUT2D eigenvalue weighted by Crippen LogP contribution is -2.12. The summed E-state index contributed by atoms with van der Waals surface area (Å²) in [6.07, 6.45) is 2.38. The summed E-state index contributed by atoms with van der Waals surface area (Å²) in [7, 11) is 8.29. The molecule has 0 aliphatic carbocycles. The van der Waals surface area contributed by atoms with Crippen molar-refractivity contribution in [1.29, 1.82) is 0 Å². The van der Waals surface area contributed by atoms with Crippen molar-refractivity contribution < 1.29 is 0 Å². The molecular weight excluding hydrogens is 212 g/mol. The lowest BCUT2D eigenvalue weighted by molar-refractivity contribution is 0.410. The summed E-state index contributed by atoms with van der Waals surface area (Å²) in [5.41, 5.74) is 0. The molecular formula is C10H26N2S2. The van der Waals surface area contributed by atoms with E-state index in [0.29, 0.717) is 0 Å². The fourth-order valence-electron chi connectivity index (χ4n) is 0.774. The van der Waals surface area contributed by atoms with Gasteiger partial charge in [-0.05, 0) is 65.6 Å². The highest BCUT2D eigenvalue weighted by Crippen LogP contribution is 1.84. The van der Waals surface area contributed by atoms with E-state index in [2.05, 4.69) is 63.2 Å². The maximum absolute atomic E-state index is 4.07. The maximum Gasteiger partial charge on any atom is -0.00171 e. The van der Waals surface area contributed by atoms with Gasteiger partial charge < -0.3 is 9.80 Å². The second-order valence-electron chi connectivity index (χ2n) is 3.76. The minimum absolute atomic E-state index is 0.998. The van der Waals surface area contributed by atoms with Gasteiger partial charge in [-0.15, -0.1) is 0 Å². The molecule has 0 aromatic rings. The molecule has 0 fully saturated rings. The van der Waals surface area contributed by atoms with Crippen LogP contribution in [0.1, 0.15) is 12.8 Å². The molecule has 0 heterocycles. The van der Waals surface area contributed by atoms with Gasteiger partial charge in [-0.3, -0.25) is 0 Å². The Balaban J connectivity index is 0. The number of thiol groups is 2. The Morgan fingerprint density at radius 2 is 1.00 bits per heavy atom. The van der Waals surface area contributed by atoms with Crippen molar-refractivity contribution in [2.24, 2.45) is 0 Å². The lowest BCUT2D eigenvalue weighted by Gasteiger charge is -2.05. The molecule has 0 amide bonds. The van der Waals surface area contributed by atoms with Crippen LogP contribution in [-0.4, -0.2) is 62.6 Å². The smallest absolute Gasteiger partial charge is 0.00171 e. The van der Waals surface area contributed by atoms with Crippen molar-refractivity contribution in [3.8, 4) is 0 Å². The van der Waals surface area contributed by atoms with Gasteiger partial charge in [-0.25, -0.2) is 0 Å². The van der Waals surface area contributed by atoms with E-state index in [9.17, 15) is 0 Å². The summed E-state index contributed by atoms with van der Waals surface area (Å²) >= 11 is 8.14. The molecule has 0 aromatic heterocycles. The van der Waals surface area contributed by atoms with E-state index in [1.807, 2.05) is 0 Å². The number of hydrogen-bond acceptors (Lipinski definition) is 4. The minimum atomic E-state index is 0.998. The van der Waals surface area contributed by atoms with Gasteiger partial charge in [0.2, 0.25) is 0 Å². The monoisotopic (exact) mass is 238 g/mol. The van der Waals surface area contributed by atoms with Gasteiger partial charge in [0.15, 0.2) is 0 Å². The number of nitrogens with zero attached hydrogens (tertiary/aromatic N) is 2. The van der Waals surface area contributed by atoms with Crippen LogP contribution in [0.5, 0.6) is 0 Å². The average molecular weight is 238 g/mol. The predicted molar refractivity (Wildman–Crippen MR) is 74.0 cm³/mol. The van der Waals surface area contributed by atoms with Crippen molar-refractivity contribution >= 4 is 25.3 Å². The second-order valence-corrected chi connectivity index (χ2v) is 4.66. The van der Waals surface area contributed by atoms with Gasteiger partial charge in [0.1, 0.15) is 0 Å². The molecule has 0 atom stereocenters. The standard InChI is InChI=1S/2C5H13NS/c2*1-6(2)4-3-5-7/h2*7H,3-5H2,1-2H3. The first kappa shape index (κ1) is 17.0. The molecule has 0 aliphatic heterocycles. The van der Waals surface area contributed by atoms with Crippen molar-refractivity contribution in [3.05, 3.63) is 0 Å². The second kappa shape index (κ2) is 13.6. The van der Waals surface area contributed by atoms with Crippen LogP contribution in [0.2, 0.25) is 0 Å². The third kappa shape index (κ3) is 22.9. The topological polar surface area (TPSA) is 6.48 Å². The Kier molecular flexibility index (Phi) is 16.6. The molecule has 2 nitrogen and oxygen atoms in total. The Bertz CT molecular complexity index is 86.1. The van der Waals surface area contributed by atoms with Gasteiger partial charge in [-0.1, -0.05) is 0 Å². The van der Waals surface area contributed by atoms with Crippen molar-refractivity contribution in [2.45, 2.75) is 12.8 Å². The largest absolute Gasteiger partial charge is 0.309 e. The summed E-state index contributed by atoms with van der Waals surface area (Å²) in [5.74, 6) is 2.00. The van der Waals surface area contributed by atoms with E-state index < -0.39 is 0 Å². The van der Waals surface area contributed by atoms with Gasteiger partial charge >= 0.3 is 0 Å². The highest BCUT2D eigenvalue weighted by Gasteiger charge is 1.84. The fraction of sp³-hybridized carbons (Fsp3) is 1.00. The van der Waals surface area contributed by atoms with Crippen LogP contribution in [0.15, 0.2) is 0 Å². The van der Waals surface area contributed by atoms with Gasteiger partial charge in [0.05, 0.1) is 0 Å².